The Hall–Kier alpha value is -3.75. The molecule has 160 valence electrons. The summed E-state index contributed by atoms with van der Waals surface area (Å²) >= 11 is 0. The van der Waals surface area contributed by atoms with Crippen LogP contribution in [0.4, 0.5) is 0 Å². The molecule has 0 saturated carbocycles. The van der Waals surface area contributed by atoms with Crippen molar-refractivity contribution >= 4 is 17.8 Å². The zero-order valence-corrected chi connectivity index (χ0v) is 17.2. The predicted molar refractivity (Wildman–Crippen MR) is 109 cm³/mol. The molecule has 0 saturated heterocycles. The Morgan fingerprint density at radius 3 is 1.87 bits per heavy atom. The number of benzene rings is 2. The Morgan fingerprint density at radius 2 is 1.37 bits per heavy atom. The van der Waals surface area contributed by atoms with Crippen LogP contribution in [0, 0.1) is 0 Å². The average molecular weight is 416 g/mol. The van der Waals surface area contributed by atoms with E-state index in [-0.39, 0.29) is 30.7 Å². The molecule has 0 aliphatic heterocycles. The van der Waals surface area contributed by atoms with Crippen LogP contribution in [0.5, 0.6) is 23.0 Å². The van der Waals surface area contributed by atoms with Gasteiger partial charge in [-0.25, -0.2) is 0 Å². The monoisotopic (exact) mass is 416 g/mol. The first-order valence-electron chi connectivity index (χ1n) is 9.04. The second-order valence-electron chi connectivity index (χ2n) is 6.05. The van der Waals surface area contributed by atoms with Crippen molar-refractivity contribution < 1.29 is 33.3 Å². The Balaban J connectivity index is 1.92. The molecule has 2 amide bonds. The molecule has 0 aliphatic rings. The molecular weight excluding hydrogens is 392 g/mol. The standard InChI is InChI=1S/C21H24N2O7/c1-13(24)30-16-7-5-6-14(10-16)20(25)22-8-9-23-21(26)15-11-17(27-2)19(29-4)18(12-15)28-3/h5-7,10-12H,8-9H2,1-4H3,(H,22,25)(H,23,26). The van der Waals surface area contributed by atoms with Gasteiger partial charge in [0.15, 0.2) is 11.5 Å². The third-order valence-electron chi connectivity index (χ3n) is 3.98. The van der Waals surface area contributed by atoms with Gasteiger partial charge in [0.25, 0.3) is 11.8 Å². The summed E-state index contributed by atoms with van der Waals surface area (Å²) in [6, 6.07) is 9.32. The number of ether oxygens (including phenoxy) is 4. The molecule has 2 aromatic rings. The number of amides is 2. The van der Waals surface area contributed by atoms with E-state index in [0.29, 0.717) is 28.4 Å². The number of hydrogen-bond acceptors (Lipinski definition) is 7. The summed E-state index contributed by atoms with van der Waals surface area (Å²) in [5, 5.41) is 5.39. The maximum Gasteiger partial charge on any atom is 0.308 e. The van der Waals surface area contributed by atoms with E-state index in [2.05, 4.69) is 10.6 Å². The van der Waals surface area contributed by atoms with Crippen LogP contribution in [-0.2, 0) is 4.79 Å². The molecule has 0 aliphatic carbocycles. The molecule has 0 heterocycles. The quantitative estimate of drug-likeness (QED) is 0.364. The minimum Gasteiger partial charge on any atom is -0.493 e. The maximum atomic E-state index is 12.4. The molecule has 2 rings (SSSR count). The fraction of sp³-hybridized carbons (Fsp3) is 0.286. The number of esters is 1. The van der Waals surface area contributed by atoms with E-state index in [1.54, 1.807) is 18.2 Å². The van der Waals surface area contributed by atoms with E-state index in [4.69, 9.17) is 18.9 Å². The van der Waals surface area contributed by atoms with Crippen LogP contribution in [0.2, 0.25) is 0 Å². The highest BCUT2D eigenvalue weighted by Crippen LogP contribution is 2.38. The van der Waals surface area contributed by atoms with Crippen molar-refractivity contribution in [3.63, 3.8) is 0 Å². The van der Waals surface area contributed by atoms with Crippen molar-refractivity contribution in [1.29, 1.82) is 0 Å². The number of nitrogens with one attached hydrogen (secondary N) is 2. The Morgan fingerprint density at radius 1 is 0.800 bits per heavy atom. The van der Waals surface area contributed by atoms with Crippen LogP contribution in [0.15, 0.2) is 36.4 Å². The van der Waals surface area contributed by atoms with E-state index in [9.17, 15) is 14.4 Å². The molecule has 0 radical (unpaired) electrons. The largest absolute Gasteiger partial charge is 0.493 e. The molecule has 0 aromatic heterocycles. The average Bonchev–Trinajstić information content (AvgIpc) is 2.74. The minimum absolute atomic E-state index is 0.199. The second-order valence-corrected chi connectivity index (χ2v) is 6.05. The first kappa shape index (κ1) is 22.5. The molecule has 0 spiro atoms. The van der Waals surface area contributed by atoms with Crippen molar-refractivity contribution in [2.24, 2.45) is 0 Å². The highest BCUT2D eigenvalue weighted by molar-refractivity contribution is 5.96. The van der Waals surface area contributed by atoms with Crippen LogP contribution in [0.25, 0.3) is 0 Å². The molecule has 30 heavy (non-hydrogen) atoms. The third-order valence-corrected chi connectivity index (χ3v) is 3.98. The Kier molecular flexibility index (Phi) is 8.04. The van der Waals surface area contributed by atoms with Gasteiger partial charge in [-0.3, -0.25) is 14.4 Å². The lowest BCUT2D eigenvalue weighted by atomic mass is 10.1. The number of rotatable bonds is 9. The Labute approximate surface area is 174 Å². The van der Waals surface area contributed by atoms with E-state index < -0.39 is 5.97 Å². The topological polar surface area (TPSA) is 112 Å². The number of carbonyl (C=O) groups is 3. The van der Waals surface area contributed by atoms with Crippen LogP contribution >= 0.6 is 0 Å². The van der Waals surface area contributed by atoms with Gasteiger partial charge in [0.05, 0.1) is 21.3 Å². The first-order chi connectivity index (χ1) is 14.4. The molecule has 0 atom stereocenters. The maximum absolute atomic E-state index is 12.4. The second kappa shape index (κ2) is 10.7. The van der Waals surface area contributed by atoms with Crippen molar-refractivity contribution in [2.75, 3.05) is 34.4 Å². The van der Waals surface area contributed by atoms with E-state index >= 15 is 0 Å². The van der Waals surface area contributed by atoms with E-state index in [1.165, 1.54) is 46.5 Å². The zero-order chi connectivity index (χ0) is 22.1. The van der Waals surface area contributed by atoms with Crippen molar-refractivity contribution in [2.45, 2.75) is 6.92 Å². The molecule has 0 bridgehead atoms. The van der Waals surface area contributed by atoms with Crippen LogP contribution in [0.3, 0.4) is 0 Å². The van der Waals surface area contributed by atoms with Crippen molar-refractivity contribution in [3.05, 3.63) is 47.5 Å². The summed E-state index contributed by atoms with van der Waals surface area (Å²) in [6.45, 7) is 1.68. The lowest BCUT2D eigenvalue weighted by Gasteiger charge is -2.14. The van der Waals surface area contributed by atoms with Gasteiger partial charge in [-0.15, -0.1) is 0 Å². The third kappa shape index (κ3) is 5.87. The molecule has 2 N–H and O–H groups in total. The summed E-state index contributed by atoms with van der Waals surface area (Å²) < 4.78 is 20.7. The number of methoxy groups -OCH3 is 3. The van der Waals surface area contributed by atoms with Crippen LogP contribution in [0.1, 0.15) is 27.6 Å². The molecule has 0 unspecified atom stereocenters. The fourth-order valence-corrected chi connectivity index (χ4v) is 2.64. The molecular formula is C21H24N2O7. The smallest absolute Gasteiger partial charge is 0.308 e. The fourth-order valence-electron chi connectivity index (χ4n) is 2.64. The molecule has 0 fully saturated rings. The highest BCUT2D eigenvalue weighted by Gasteiger charge is 2.17. The van der Waals surface area contributed by atoms with E-state index in [0.717, 1.165) is 0 Å². The highest BCUT2D eigenvalue weighted by atomic mass is 16.5. The molecule has 9 heteroatoms. The summed E-state index contributed by atoms with van der Waals surface area (Å²) in [5.41, 5.74) is 0.662. The lowest BCUT2D eigenvalue weighted by Crippen LogP contribution is -2.34. The van der Waals surface area contributed by atoms with Gasteiger partial charge < -0.3 is 29.6 Å². The van der Waals surface area contributed by atoms with Crippen LogP contribution in [-0.4, -0.2) is 52.2 Å². The lowest BCUT2D eigenvalue weighted by molar-refractivity contribution is -0.131. The Bertz CT molecular complexity index is 902. The zero-order valence-electron chi connectivity index (χ0n) is 17.2. The summed E-state index contributed by atoms with van der Waals surface area (Å²) in [6.07, 6.45) is 0. The number of carbonyl (C=O) groups excluding carboxylic acids is 3. The SMILES string of the molecule is COc1cc(C(=O)NCCNC(=O)c2cccc(OC(C)=O)c2)cc(OC)c1OC. The number of hydrogen-bond donors (Lipinski definition) is 2. The molecule has 2 aromatic carbocycles. The van der Waals surface area contributed by atoms with Gasteiger partial charge >= 0.3 is 5.97 Å². The van der Waals surface area contributed by atoms with Crippen molar-refractivity contribution in [3.8, 4) is 23.0 Å². The van der Waals surface area contributed by atoms with Gasteiger partial charge in [-0.2, -0.15) is 0 Å². The minimum atomic E-state index is -0.470. The van der Waals surface area contributed by atoms with Gasteiger partial charge in [0.2, 0.25) is 5.75 Å². The van der Waals surface area contributed by atoms with Gasteiger partial charge in [-0.05, 0) is 30.3 Å². The summed E-state index contributed by atoms with van der Waals surface area (Å²) in [5.74, 6) is 0.213. The van der Waals surface area contributed by atoms with E-state index in [1.807, 2.05) is 0 Å². The predicted octanol–water partition coefficient (Wildman–Crippen LogP) is 1.80. The van der Waals surface area contributed by atoms with Gasteiger partial charge in [-0.1, -0.05) is 6.07 Å². The van der Waals surface area contributed by atoms with Crippen LogP contribution < -0.4 is 29.6 Å². The van der Waals surface area contributed by atoms with Crippen molar-refractivity contribution in [1.82, 2.24) is 10.6 Å². The van der Waals surface area contributed by atoms with Gasteiger partial charge in [0.1, 0.15) is 5.75 Å². The normalized spacial score (nSPS) is 10.0. The van der Waals surface area contributed by atoms with Gasteiger partial charge in [0, 0.05) is 31.1 Å². The molecule has 9 nitrogen and oxygen atoms in total. The summed E-state index contributed by atoms with van der Waals surface area (Å²) in [7, 11) is 4.40. The summed E-state index contributed by atoms with van der Waals surface area (Å²) in [4.78, 5) is 35.7. The first-order valence-corrected chi connectivity index (χ1v) is 9.04.